The van der Waals surface area contributed by atoms with Crippen LogP contribution in [0.1, 0.15) is 17.2 Å². The molecule has 2 amide bonds. The molecule has 6 rings (SSSR count). The number of ether oxygens (including phenoxy) is 2. The molecule has 0 aliphatic heterocycles. The van der Waals surface area contributed by atoms with Crippen LogP contribution in [0.5, 0.6) is 11.5 Å². The van der Waals surface area contributed by atoms with Gasteiger partial charge in [0.2, 0.25) is 5.91 Å². The number of pyridine rings is 1. The first-order valence-corrected chi connectivity index (χ1v) is 13.6. The van der Waals surface area contributed by atoms with Crippen molar-refractivity contribution in [2.24, 2.45) is 0 Å². The summed E-state index contributed by atoms with van der Waals surface area (Å²) in [5.74, 6) is 0.251. The van der Waals surface area contributed by atoms with Gasteiger partial charge in [0.1, 0.15) is 29.6 Å². The van der Waals surface area contributed by atoms with E-state index in [2.05, 4.69) is 25.6 Å². The number of H-pyrrole nitrogens is 1. The van der Waals surface area contributed by atoms with Gasteiger partial charge in [-0.1, -0.05) is 41.6 Å². The van der Waals surface area contributed by atoms with Crippen LogP contribution in [0.2, 0.25) is 0 Å². The highest BCUT2D eigenvalue weighted by molar-refractivity contribution is 6.01. The summed E-state index contributed by atoms with van der Waals surface area (Å²) in [5.41, 5.74) is 4.07. The Bertz CT molecular complexity index is 1900. The maximum atomic E-state index is 14.4. The summed E-state index contributed by atoms with van der Waals surface area (Å²) in [6, 6.07) is 22.8. The summed E-state index contributed by atoms with van der Waals surface area (Å²) < 4.78 is 12.4. The molecule has 216 valence electrons. The van der Waals surface area contributed by atoms with Gasteiger partial charge >= 0.3 is 0 Å². The highest BCUT2D eigenvalue weighted by Gasteiger charge is 2.34. The van der Waals surface area contributed by atoms with Crippen LogP contribution in [0.4, 0.5) is 5.69 Å². The normalized spacial score (nSPS) is 11.8. The molecule has 3 aromatic heterocycles. The molecule has 0 radical (unpaired) electrons. The summed E-state index contributed by atoms with van der Waals surface area (Å²) in [4.78, 5) is 37.7. The van der Waals surface area contributed by atoms with Crippen molar-refractivity contribution in [1.82, 2.24) is 29.9 Å². The third-order valence-electron chi connectivity index (χ3n) is 7.24. The lowest BCUT2D eigenvalue weighted by Gasteiger charge is -2.31. The number of methoxy groups -OCH3 is 2. The molecule has 0 saturated heterocycles. The van der Waals surface area contributed by atoms with Crippen molar-refractivity contribution in [3.8, 4) is 11.5 Å². The van der Waals surface area contributed by atoms with Gasteiger partial charge in [0.15, 0.2) is 0 Å². The first-order valence-electron chi connectivity index (χ1n) is 13.6. The Hall–Kier alpha value is -5.71. The third-order valence-corrected chi connectivity index (χ3v) is 7.24. The predicted octanol–water partition coefficient (Wildman–Crippen LogP) is 4.73. The largest absolute Gasteiger partial charge is 0.497 e. The molecule has 0 spiro atoms. The van der Waals surface area contributed by atoms with E-state index in [0.717, 1.165) is 16.5 Å². The van der Waals surface area contributed by atoms with E-state index in [1.807, 2.05) is 54.6 Å². The average Bonchev–Trinajstić information content (AvgIpc) is 3.66. The van der Waals surface area contributed by atoms with Crippen LogP contribution in [0, 0.1) is 0 Å². The fraction of sp³-hybridized carbons (Fsp3) is 0.156. The number of carbonyl (C=O) groups excluding carboxylic acids is 2. The molecule has 11 nitrogen and oxygen atoms in total. The molecular formula is C32H29N7O4. The number of rotatable bonds is 10. The lowest BCUT2D eigenvalue weighted by Crippen LogP contribution is -2.42. The van der Waals surface area contributed by atoms with E-state index < -0.39 is 11.9 Å². The quantitative estimate of drug-likeness (QED) is 0.242. The first kappa shape index (κ1) is 27.5. The zero-order chi connectivity index (χ0) is 29.8. The minimum atomic E-state index is -1.04. The molecule has 3 heterocycles. The standard InChI is InChI=1S/C32H29N7O4/c1-42-22-13-14-27(29(16-22)43-2)35-32(41)31(24-18-34-25-10-4-3-9-23(24)25)38(19-21-8-7-15-33-17-21)30(40)20-39-28-12-6-5-11-26(28)36-37-39/h3-18,31,34H,19-20H2,1-2H3,(H,35,41). The van der Waals surface area contributed by atoms with Gasteiger partial charge < -0.3 is 24.7 Å². The number of amides is 2. The number of hydrogen-bond acceptors (Lipinski definition) is 7. The molecule has 1 unspecified atom stereocenters. The smallest absolute Gasteiger partial charge is 0.252 e. The fourth-order valence-electron chi connectivity index (χ4n) is 5.14. The van der Waals surface area contributed by atoms with E-state index >= 15 is 0 Å². The van der Waals surface area contributed by atoms with Crippen LogP contribution < -0.4 is 14.8 Å². The topological polar surface area (TPSA) is 127 Å². The minimum absolute atomic E-state index is 0.122. The van der Waals surface area contributed by atoms with Crippen molar-refractivity contribution in [2.75, 3.05) is 19.5 Å². The number of anilines is 1. The zero-order valence-electron chi connectivity index (χ0n) is 23.6. The Balaban J connectivity index is 1.44. The van der Waals surface area contributed by atoms with Crippen molar-refractivity contribution in [2.45, 2.75) is 19.1 Å². The van der Waals surface area contributed by atoms with E-state index in [9.17, 15) is 9.59 Å². The Labute approximate surface area is 247 Å². The van der Waals surface area contributed by atoms with Crippen molar-refractivity contribution in [3.63, 3.8) is 0 Å². The fourth-order valence-corrected chi connectivity index (χ4v) is 5.14. The Morgan fingerprint density at radius 1 is 1.00 bits per heavy atom. The van der Waals surface area contributed by atoms with Crippen LogP contribution in [-0.2, 0) is 22.7 Å². The van der Waals surface area contributed by atoms with Gasteiger partial charge in [0, 0.05) is 47.7 Å². The van der Waals surface area contributed by atoms with Crippen LogP contribution in [0.3, 0.4) is 0 Å². The van der Waals surface area contributed by atoms with Crippen LogP contribution in [0.25, 0.3) is 21.9 Å². The van der Waals surface area contributed by atoms with Crippen molar-refractivity contribution in [3.05, 3.63) is 109 Å². The number of benzene rings is 3. The van der Waals surface area contributed by atoms with Crippen LogP contribution >= 0.6 is 0 Å². The van der Waals surface area contributed by atoms with E-state index in [4.69, 9.17) is 9.47 Å². The number of hydrogen-bond donors (Lipinski definition) is 2. The molecule has 1 atom stereocenters. The zero-order valence-corrected chi connectivity index (χ0v) is 23.6. The molecule has 0 fully saturated rings. The van der Waals surface area contributed by atoms with E-state index in [1.165, 1.54) is 7.11 Å². The number of carbonyl (C=O) groups is 2. The maximum absolute atomic E-state index is 14.4. The van der Waals surface area contributed by atoms with Gasteiger partial charge in [0.25, 0.3) is 5.91 Å². The van der Waals surface area contributed by atoms with E-state index in [1.54, 1.807) is 59.5 Å². The third kappa shape index (κ3) is 5.60. The highest BCUT2D eigenvalue weighted by atomic mass is 16.5. The first-order chi connectivity index (χ1) is 21.1. The lowest BCUT2D eigenvalue weighted by atomic mass is 10.0. The number of para-hydroxylation sites is 2. The number of aromatic amines is 1. The summed E-state index contributed by atoms with van der Waals surface area (Å²) in [5, 5.41) is 12.2. The number of nitrogens with one attached hydrogen (secondary N) is 2. The van der Waals surface area contributed by atoms with Crippen LogP contribution in [0.15, 0.2) is 97.5 Å². The predicted molar refractivity (Wildman–Crippen MR) is 162 cm³/mol. The summed E-state index contributed by atoms with van der Waals surface area (Å²) in [6.07, 6.45) is 5.12. The van der Waals surface area contributed by atoms with Crippen molar-refractivity contribution in [1.29, 1.82) is 0 Å². The van der Waals surface area contributed by atoms with Crippen LogP contribution in [-0.4, -0.2) is 55.9 Å². The maximum Gasteiger partial charge on any atom is 0.252 e. The minimum Gasteiger partial charge on any atom is -0.497 e. The molecule has 43 heavy (non-hydrogen) atoms. The summed E-state index contributed by atoms with van der Waals surface area (Å²) in [6.45, 7) is -0.00455. The van der Waals surface area contributed by atoms with Gasteiger partial charge in [-0.15, -0.1) is 5.10 Å². The van der Waals surface area contributed by atoms with Gasteiger partial charge in [-0.3, -0.25) is 14.6 Å². The Morgan fingerprint density at radius 2 is 1.84 bits per heavy atom. The molecular weight excluding hydrogens is 546 g/mol. The molecule has 3 aromatic carbocycles. The second-order valence-electron chi connectivity index (χ2n) is 9.87. The van der Waals surface area contributed by atoms with E-state index in [0.29, 0.717) is 33.8 Å². The second-order valence-corrected chi connectivity index (χ2v) is 9.87. The molecule has 2 N–H and O–H groups in total. The molecule has 0 bridgehead atoms. The Kier molecular flexibility index (Phi) is 7.68. The summed E-state index contributed by atoms with van der Waals surface area (Å²) >= 11 is 0. The van der Waals surface area contributed by atoms with Gasteiger partial charge in [-0.2, -0.15) is 0 Å². The molecule has 0 aliphatic carbocycles. The lowest BCUT2D eigenvalue weighted by molar-refractivity contribution is -0.140. The summed E-state index contributed by atoms with van der Waals surface area (Å²) in [7, 11) is 3.07. The molecule has 0 saturated carbocycles. The molecule has 11 heteroatoms. The monoisotopic (exact) mass is 575 g/mol. The van der Waals surface area contributed by atoms with Gasteiger partial charge in [-0.05, 0) is 42.0 Å². The van der Waals surface area contributed by atoms with Gasteiger partial charge in [0.05, 0.1) is 25.4 Å². The Morgan fingerprint density at radius 3 is 2.65 bits per heavy atom. The highest BCUT2D eigenvalue weighted by Crippen LogP contribution is 2.34. The molecule has 6 aromatic rings. The van der Waals surface area contributed by atoms with Crippen molar-refractivity contribution < 1.29 is 19.1 Å². The van der Waals surface area contributed by atoms with Crippen molar-refractivity contribution >= 4 is 39.4 Å². The molecule has 0 aliphatic rings. The number of aromatic nitrogens is 5. The van der Waals surface area contributed by atoms with Gasteiger partial charge in [-0.25, -0.2) is 4.68 Å². The second kappa shape index (κ2) is 12.0. The SMILES string of the molecule is COc1ccc(NC(=O)C(c2c[nH]c3ccccc23)N(Cc2cccnc2)C(=O)Cn2nnc3ccccc32)c(OC)c1. The number of nitrogens with zero attached hydrogens (tertiary/aromatic N) is 5. The van der Waals surface area contributed by atoms with E-state index in [-0.39, 0.29) is 19.0 Å². The number of fused-ring (bicyclic) bond motifs is 2. The average molecular weight is 576 g/mol.